The number of ether oxygens (including phenoxy) is 1. The van der Waals surface area contributed by atoms with Crippen molar-refractivity contribution >= 4 is 23.7 Å². The highest BCUT2D eigenvalue weighted by atomic mass is 35.5. The van der Waals surface area contributed by atoms with E-state index in [2.05, 4.69) is 0 Å². The van der Waals surface area contributed by atoms with Gasteiger partial charge < -0.3 is 14.7 Å². The molecule has 2 rings (SSSR count). The number of carboxylic acids is 1. The van der Waals surface area contributed by atoms with Crippen LogP contribution in [-0.4, -0.2) is 40.3 Å². The number of carboxylic acid groups (broad SMARTS) is 1. The lowest BCUT2D eigenvalue weighted by Gasteiger charge is -2.31. The van der Waals surface area contributed by atoms with Gasteiger partial charge in [0, 0.05) is 11.6 Å². The Morgan fingerprint density at radius 2 is 1.91 bits per heavy atom. The fourth-order valence-electron chi connectivity index (χ4n) is 2.89. The molecule has 126 valence electrons. The molecule has 1 N–H and O–H groups in total. The molecule has 0 aliphatic carbocycles. The van der Waals surface area contributed by atoms with Gasteiger partial charge in [-0.2, -0.15) is 0 Å². The van der Waals surface area contributed by atoms with Gasteiger partial charge in [-0.15, -0.1) is 0 Å². The second-order valence-electron chi connectivity index (χ2n) is 6.75. The minimum atomic E-state index is -0.951. The molecule has 1 aliphatic rings. The second kappa shape index (κ2) is 6.79. The maximum atomic E-state index is 12.4. The molecule has 1 aromatic rings. The quantitative estimate of drug-likeness (QED) is 0.906. The lowest BCUT2D eigenvalue weighted by Crippen LogP contribution is -2.44. The highest BCUT2D eigenvalue weighted by Crippen LogP contribution is 2.33. The van der Waals surface area contributed by atoms with E-state index >= 15 is 0 Å². The zero-order valence-corrected chi connectivity index (χ0v) is 14.3. The third-order valence-corrected chi connectivity index (χ3v) is 4.06. The van der Waals surface area contributed by atoms with Crippen molar-refractivity contribution in [3.63, 3.8) is 0 Å². The predicted octanol–water partition coefficient (Wildman–Crippen LogP) is 3.91. The summed E-state index contributed by atoms with van der Waals surface area (Å²) in [6, 6.07) is 6.32. The molecule has 5 nitrogen and oxygen atoms in total. The first-order valence-corrected chi connectivity index (χ1v) is 8.05. The molecule has 0 bridgehead atoms. The fourth-order valence-corrected chi connectivity index (χ4v) is 3.01. The second-order valence-corrected chi connectivity index (χ2v) is 7.19. The number of halogens is 1. The summed E-state index contributed by atoms with van der Waals surface area (Å²) in [7, 11) is 0. The molecule has 0 spiro atoms. The number of nitrogens with zero attached hydrogens (tertiary/aromatic N) is 1. The first-order valence-electron chi connectivity index (χ1n) is 7.67. The first-order chi connectivity index (χ1) is 10.7. The monoisotopic (exact) mass is 339 g/mol. The van der Waals surface area contributed by atoms with Crippen LogP contribution >= 0.6 is 11.6 Å². The lowest BCUT2D eigenvalue weighted by atomic mass is 9.90. The van der Waals surface area contributed by atoms with E-state index in [1.807, 2.05) is 0 Å². The summed E-state index contributed by atoms with van der Waals surface area (Å²) < 4.78 is 5.41. The third-order valence-electron chi connectivity index (χ3n) is 3.81. The Balaban J connectivity index is 2.26. The van der Waals surface area contributed by atoms with Crippen molar-refractivity contribution in [2.75, 3.05) is 6.54 Å². The van der Waals surface area contributed by atoms with Gasteiger partial charge >= 0.3 is 12.1 Å². The van der Waals surface area contributed by atoms with Crippen LogP contribution in [0.1, 0.15) is 45.1 Å². The summed E-state index contributed by atoms with van der Waals surface area (Å²) in [6.45, 7) is 5.90. The average molecular weight is 340 g/mol. The van der Waals surface area contributed by atoms with E-state index < -0.39 is 29.6 Å². The van der Waals surface area contributed by atoms with Crippen molar-refractivity contribution < 1.29 is 19.4 Å². The van der Waals surface area contributed by atoms with Gasteiger partial charge in [0.25, 0.3) is 0 Å². The maximum absolute atomic E-state index is 12.4. The zero-order chi connectivity index (χ0) is 17.2. The highest BCUT2D eigenvalue weighted by molar-refractivity contribution is 6.30. The van der Waals surface area contributed by atoms with Gasteiger partial charge in [-0.05, 0) is 51.3 Å². The number of likely N-dealkylation sites (tertiary alicyclic amines) is 1. The van der Waals surface area contributed by atoms with Crippen LogP contribution < -0.4 is 0 Å². The number of carbonyl (C=O) groups is 2. The van der Waals surface area contributed by atoms with Crippen molar-refractivity contribution in [1.82, 2.24) is 4.90 Å². The van der Waals surface area contributed by atoms with Crippen molar-refractivity contribution in [2.24, 2.45) is 0 Å². The molecule has 1 fully saturated rings. The molecule has 1 heterocycles. The predicted molar refractivity (Wildman–Crippen MR) is 87.8 cm³/mol. The SMILES string of the molecule is CC(C)(C)OC(=O)N1CCCC1C(C(=O)O)c1ccc(Cl)cc1. The minimum absolute atomic E-state index is 0.413. The molecule has 2 atom stereocenters. The Bertz CT molecular complexity index is 579. The molecular formula is C17H22ClNO4. The normalized spacial score (nSPS) is 19.5. The lowest BCUT2D eigenvalue weighted by molar-refractivity contribution is -0.140. The van der Waals surface area contributed by atoms with E-state index in [-0.39, 0.29) is 0 Å². The van der Waals surface area contributed by atoms with Crippen LogP contribution in [0.2, 0.25) is 5.02 Å². The summed E-state index contributed by atoms with van der Waals surface area (Å²) >= 11 is 5.88. The molecule has 0 saturated carbocycles. The summed E-state index contributed by atoms with van der Waals surface area (Å²) in [4.78, 5) is 25.7. The molecule has 1 amide bonds. The van der Waals surface area contributed by atoms with Crippen LogP contribution in [0.25, 0.3) is 0 Å². The summed E-state index contributed by atoms with van der Waals surface area (Å²) in [5.74, 6) is -1.74. The fraction of sp³-hybridized carbons (Fsp3) is 0.529. The third kappa shape index (κ3) is 4.38. The Kier molecular flexibility index (Phi) is 5.19. The minimum Gasteiger partial charge on any atom is -0.481 e. The Hall–Kier alpha value is -1.75. The van der Waals surface area contributed by atoms with Gasteiger partial charge in [-0.3, -0.25) is 4.79 Å². The van der Waals surface area contributed by atoms with E-state index in [0.717, 1.165) is 6.42 Å². The summed E-state index contributed by atoms with van der Waals surface area (Å²) in [5.41, 5.74) is 0.0332. The Morgan fingerprint density at radius 1 is 1.30 bits per heavy atom. The van der Waals surface area contributed by atoms with E-state index in [0.29, 0.717) is 23.6 Å². The van der Waals surface area contributed by atoms with Crippen LogP contribution in [0.5, 0.6) is 0 Å². The Morgan fingerprint density at radius 3 is 2.43 bits per heavy atom. The van der Waals surface area contributed by atoms with Gasteiger partial charge in [0.1, 0.15) is 11.5 Å². The highest BCUT2D eigenvalue weighted by Gasteiger charge is 2.40. The number of aliphatic carboxylic acids is 1. The Labute approximate surface area is 141 Å². The summed E-state index contributed by atoms with van der Waals surface area (Å²) in [6.07, 6.45) is 0.945. The molecule has 1 saturated heterocycles. The first kappa shape index (κ1) is 17.6. The van der Waals surface area contributed by atoms with Crippen molar-refractivity contribution in [1.29, 1.82) is 0 Å². The van der Waals surface area contributed by atoms with Gasteiger partial charge in [-0.1, -0.05) is 23.7 Å². The van der Waals surface area contributed by atoms with Crippen LogP contribution in [0.3, 0.4) is 0 Å². The topological polar surface area (TPSA) is 66.8 Å². The molecular weight excluding hydrogens is 318 g/mol. The smallest absolute Gasteiger partial charge is 0.410 e. The zero-order valence-electron chi connectivity index (χ0n) is 13.6. The number of benzene rings is 1. The van der Waals surface area contributed by atoms with E-state index in [1.165, 1.54) is 0 Å². The van der Waals surface area contributed by atoms with Crippen LogP contribution in [0, 0.1) is 0 Å². The number of rotatable bonds is 3. The maximum Gasteiger partial charge on any atom is 0.410 e. The van der Waals surface area contributed by atoms with Crippen molar-refractivity contribution in [3.8, 4) is 0 Å². The molecule has 0 radical (unpaired) electrons. The standard InChI is InChI=1S/C17H22ClNO4/c1-17(2,3)23-16(22)19-10-4-5-13(19)14(15(20)21)11-6-8-12(18)9-7-11/h6-9,13-14H,4-5,10H2,1-3H3,(H,20,21). The van der Waals surface area contributed by atoms with E-state index in [1.54, 1.807) is 49.9 Å². The van der Waals surface area contributed by atoms with E-state index in [4.69, 9.17) is 16.3 Å². The summed E-state index contributed by atoms with van der Waals surface area (Å²) in [5, 5.41) is 10.2. The van der Waals surface area contributed by atoms with Crippen LogP contribution in [-0.2, 0) is 9.53 Å². The van der Waals surface area contributed by atoms with Crippen molar-refractivity contribution in [3.05, 3.63) is 34.9 Å². The molecule has 1 aromatic carbocycles. The number of carbonyl (C=O) groups excluding carboxylic acids is 1. The number of hydrogen-bond acceptors (Lipinski definition) is 3. The molecule has 0 aromatic heterocycles. The van der Waals surface area contributed by atoms with Gasteiger partial charge in [0.05, 0.1) is 6.04 Å². The molecule has 6 heteroatoms. The molecule has 23 heavy (non-hydrogen) atoms. The van der Waals surface area contributed by atoms with Gasteiger partial charge in [-0.25, -0.2) is 4.79 Å². The molecule has 1 aliphatic heterocycles. The van der Waals surface area contributed by atoms with Crippen molar-refractivity contribution in [2.45, 2.75) is 51.2 Å². The van der Waals surface area contributed by atoms with E-state index in [9.17, 15) is 14.7 Å². The van der Waals surface area contributed by atoms with Crippen LogP contribution in [0.4, 0.5) is 4.79 Å². The van der Waals surface area contributed by atoms with Gasteiger partial charge in [0.15, 0.2) is 0 Å². The largest absolute Gasteiger partial charge is 0.481 e. The van der Waals surface area contributed by atoms with Crippen LogP contribution in [0.15, 0.2) is 24.3 Å². The molecule has 2 unspecified atom stereocenters. The van der Waals surface area contributed by atoms with Gasteiger partial charge in [0.2, 0.25) is 0 Å². The number of amides is 1. The number of hydrogen-bond donors (Lipinski definition) is 1. The average Bonchev–Trinajstić information content (AvgIpc) is 2.88.